The average molecular weight is 364 g/mol. The summed E-state index contributed by atoms with van der Waals surface area (Å²) in [5.41, 5.74) is 4.17. The lowest BCUT2D eigenvalue weighted by atomic mass is 9.85. The Morgan fingerprint density at radius 3 is 3.00 bits per heavy atom. The van der Waals surface area contributed by atoms with Crippen molar-refractivity contribution in [3.63, 3.8) is 0 Å². The van der Waals surface area contributed by atoms with E-state index in [4.69, 9.17) is 4.98 Å². The first kappa shape index (κ1) is 16.5. The van der Waals surface area contributed by atoms with E-state index in [0.717, 1.165) is 61.4 Å². The highest BCUT2D eigenvalue weighted by molar-refractivity contribution is 5.79. The van der Waals surface area contributed by atoms with Crippen LogP contribution in [0.1, 0.15) is 36.3 Å². The molecular formula is C20H24N6O. The van der Waals surface area contributed by atoms with E-state index in [1.54, 1.807) is 0 Å². The predicted octanol–water partition coefficient (Wildman–Crippen LogP) is 2.19. The Morgan fingerprint density at radius 1 is 1.22 bits per heavy atom. The fourth-order valence-electron chi connectivity index (χ4n) is 3.88. The van der Waals surface area contributed by atoms with Crippen molar-refractivity contribution in [2.75, 3.05) is 6.54 Å². The number of H-pyrrole nitrogens is 1. The van der Waals surface area contributed by atoms with Gasteiger partial charge in [-0.05, 0) is 37.1 Å². The molecule has 4 heterocycles. The van der Waals surface area contributed by atoms with Gasteiger partial charge in [-0.1, -0.05) is 6.42 Å². The van der Waals surface area contributed by atoms with E-state index < -0.39 is 0 Å². The minimum absolute atomic E-state index is 0.180. The third-order valence-electron chi connectivity index (χ3n) is 5.70. The largest absolute Gasteiger partial charge is 0.350 e. The van der Waals surface area contributed by atoms with Crippen LogP contribution in [0.2, 0.25) is 0 Å². The summed E-state index contributed by atoms with van der Waals surface area (Å²) in [6.07, 6.45) is 5.16. The van der Waals surface area contributed by atoms with E-state index in [0.29, 0.717) is 6.54 Å². The van der Waals surface area contributed by atoms with Crippen LogP contribution in [0.25, 0.3) is 11.0 Å². The zero-order valence-electron chi connectivity index (χ0n) is 15.3. The summed E-state index contributed by atoms with van der Waals surface area (Å²) in [6.45, 7) is 4.03. The molecule has 7 nitrogen and oxygen atoms in total. The van der Waals surface area contributed by atoms with Gasteiger partial charge in [-0.25, -0.2) is 4.98 Å². The zero-order chi connectivity index (χ0) is 18.2. The number of hydrogen-bond donors (Lipinski definition) is 2. The first-order valence-corrected chi connectivity index (χ1v) is 9.73. The summed E-state index contributed by atoms with van der Waals surface area (Å²) in [5, 5.41) is 8.83. The van der Waals surface area contributed by atoms with Gasteiger partial charge < -0.3 is 10.3 Å². The van der Waals surface area contributed by atoms with Gasteiger partial charge in [-0.3, -0.25) is 14.4 Å². The van der Waals surface area contributed by atoms with E-state index in [1.165, 1.54) is 12.1 Å². The highest BCUT2D eigenvalue weighted by Crippen LogP contribution is 2.26. The molecule has 0 saturated heterocycles. The highest BCUT2D eigenvalue weighted by Gasteiger charge is 2.25. The molecule has 3 aromatic rings. The summed E-state index contributed by atoms with van der Waals surface area (Å²) in [6, 6.07) is 8.38. The van der Waals surface area contributed by atoms with E-state index in [-0.39, 0.29) is 11.8 Å². The second kappa shape index (κ2) is 6.81. The van der Waals surface area contributed by atoms with Crippen LogP contribution in [0, 0.1) is 5.92 Å². The Labute approximate surface area is 157 Å². The lowest BCUT2D eigenvalue weighted by molar-refractivity contribution is -0.127. The standard InChI is InChI=1S/C20H24N6O/c27-20(15-2-1-3-15)22-11-17-10-18-13-25(8-9-26(18)24-17)12-16-5-4-14-6-7-21-19(14)23-16/h4-7,10,15H,1-3,8-9,11-13H2,(H,21,23)(H,22,27). The molecule has 1 saturated carbocycles. The monoisotopic (exact) mass is 364 g/mol. The van der Waals surface area contributed by atoms with Gasteiger partial charge in [0.1, 0.15) is 5.65 Å². The Bertz CT molecular complexity index is 970. The van der Waals surface area contributed by atoms with Crippen LogP contribution < -0.4 is 5.32 Å². The van der Waals surface area contributed by atoms with Gasteiger partial charge in [-0.2, -0.15) is 5.10 Å². The third-order valence-corrected chi connectivity index (χ3v) is 5.70. The summed E-state index contributed by atoms with van der Waals surface area (Å²) in [7, 11) is 0. The summed E-state index contributed by atoms with van der Waals surface area (Å²) >= 11 is 0. The first-order valence-electron chi connectivity index (χ1n) is 9.73. The Kier molecular flexibility index (Phi) is 4.16. The van der Waals surface area contributed by atoms with E-state index in [2.05, 4.69) is 43.2 Å². The molecule has 0 unspecified atom stereocenters. The molecule has 1 aliphatic heterocycles. The Hall–Kier alpha value is -2.67. The molecule has 1 aliphatic carbocycles. The van der Waals surface area contributed by atoms with Gasteiger partial charge in [0, 0.05) is 37.1 Å². The van der Waals surface area contributed by atoms with Gasteiger partial charge in [0.05, 0.1) is 30.2 Å². The molecule has 0 spiro atoms. The van der Waals surface area contributed by atoms with Crippen LogP contribution in [0.15, 0.2) is 30.5 Å². The lowest BCUT2D eigenvalue weighted by Gasteiger charge is -2.27. The number of aromatic nitrogens is 4. The maximum absolute atomic E-state index is 12.0. The predicted molar refractivity (Wildman–Crippen MR) is 102 cm³/mol. The molecule has 3 aromatic heterocycles. The molecular weight excluding hydrogens is 340 g/mol. The number of nitrogens with zero attached hydrogens (tertiary/aromatic N) is 4. The SMILES string of the molecule is O=C(NCc1cc2n(n1)CCN(Cc1ccc3cc[nH]c3n1)C2)C1CCC1. The van der Waals surface area contributed by atoms with Crippen molar-refractivity contribution in [2.24, 2.45) is 5.92 Å². The topological polar surface area (TPSA) is 78.8 Å². The molecule has 0 aromatic carbocycles. The number of amides is 1. The maximum atomic E-state index is 12.0. The molecule has 27 heavy (non-hydrogen) atoms. The number of rotatable bonds is 5. The number of carbonyl (C=O) groups excluding carboxylic acids is 1. The smallest absolute Gasteiger partial charge is 0.223 e. The Morgan fingerprint density at radius 2 is 2.15 bits per heavy atom. The van der Waals surface area contributed by atoms with Gasteiger partial charge in [-0.15, -0.1) is 0 Å². The van der Waals surface area contributed by atoms with Crippen molar-refractivity contribution < 1.29 is 4.79 Å². The molecule has 140 valence electrons. The second-order valence-electron chi connectivity index (χ2n) is 7.62. The van der Waals surface area contributed by atoms with Crippen molar-refractivity contribution in [2.45, 2.75) is 45.4 Å². The number of nitrogens with one attached hydrogen (secondary N) is 2. The summed E-state index contributed by atoms with van der Waals surface area (Å²) < 4.78 is 2.07. The van der Waals surface area contributed by atoms with E-state index in [9.17, 15) is 4.79 Å². The number of aromatic amines is 1. The van der Waals surface area contributed by atoms with Crippen LogP contribution >= 0.6 is 0 Å². The normalized spacial score (nSPS) is 17.6. The second-order valence-corrected chi connectivity index (χ2v) is 7.62. The number of fused-ring (bicyclic) bond motifs is 2. The molecule has 0 radical (unpaired) electrons. The summed E-state index contributed by atoms with van der Waals surface area (Å²) in [4.78, 5) is 22.3. The van der Waals surface area contributed by atoms with E-state index >= 15 is 0 Å². The fourth-order valence-corrected chi connectivity index (χ4v) is 3.88. The van der Waals surface area contributed by atoms with Crippen molar-refractivity contribution in [3.05, 3.63) is 47.5 Å². The van der Waals surface area contributed by atoms with Crippen LogP contribution in [0.4, 0.5) is 0 Å². The van der Waals surface area contributed by atoms with Crippen molar-refractivity contribution in [1.82, 2.24) is 30.0 Å². The van der Waals surface area contributed by atoms with Gasteiger partial charge in [0.15, 0.2) is 0 Å². The van der Waals surface area contributed by atoms with Gasteiger partial charge >= 0.3 is 0 Å². The highest BCUT2D eigenvalue weighted by atomic mass is 16.1. The quantitative estimate of drug-likeness (QED) is 0.727. The number of hydrogen-bond acceptors (Lipinski definition) is 4. The molecule has 1 fully saturated rings. The van der Waals surface area contributed by atoms with Crippen molar-refractivity contribution in [3.8, 4) is 0 Å². The van der Waals surface area contributed by atoms with Crippen LogP contribution in [-0.2, 0) is 31.0 Å². The number of carbonyl (C=O) groups is 1. The zero-order valence-corrected chi connectivity index (χ0v) is 15.3. The first-order chi connectivity index (χ1) is 13.2. The van der Waals surface area contributed by atoms with Crippen LogP contribution in [-0.4, -0.2) is 37.1 Å². The minimum Gasteiger partial charge on any atom is -0.350 e. The van der Waals surface area contributed by atoms with Crippen molar-refractivity contribution in [1.29, 1.82) is 0 Å². The molecule has 5 rings (SSSR count). The molecule has 7 heteroatoms. The minimum atomic E-state index is 0.180. The van der Waals surface area contributed by atoms with E-state index in [1.807, 2.05) is 12.3 Å². The number of pyridine rings is 1. The third kappa shape index (κ3) is 3.35. The average Bonchev–Trinajstić information content (AvgIpc) is 3.23. The Balaban J connectivity index is 1.21. The van der Waals surface area contributed by atoms with Crippen LogP contribution in [0.5, 0.6) is 0 Å². The maximum Gasteiger partial charge on any atom is 0.223 e. The van der Waals surface area contributed by atoms with Gasteiger partial charge in [0.2, 0.25) is 5.91 Å². The fraction of sp³-hybridized carbons (Fsp3) is 0.450. The molecule has 0 atom stereocenters. The molecule has 0 bridgehead atoms. The lowest BCUT2D eigenvalue weighted by Crippen LogP contribution is -2.34. The van der Waals surface area contributed by atoms with Crippen LogP contribution in [0.3, 0.4) is 0 Å². The van der Waals surface area contributed by atoms with Crippen molar-refractivity contribution >= 4 is 16.9 Å². The molecule has 1 amide bonds. The summed E-state index contributed by atoms with van der Waals surface area (Å²) in [5.74, 6) is 0.405. The molecule has 2 N–H and O–H groups in total. The molecule has 2 aliphatic rings. The van der Waals surface area contributed by atoms with Gasteiger partial charge in [0.25, 0.3) is 0 Å².